The molecule has 3 N–H and O–H groups in total. The van der Waals surface area contributed by atoms with E-state index in [4.69, 9.17) is 13.8 Å². The third kappa shape index (κ3) is 5.71. The lowest BCUT2D eigenvalue weighted by atomic mass is 10.0. The Morgan fingerprint density at radius 1 is 1.26 bits per heavy atom. The molecule has 150 valence electrons. The van der Waals surface area contributed by atoms with Crippen molar-refractivity contribution in [3.63, 3.8) is 0 Å². The van der Waals surface area contributed by atoms with E-state index in [1.54, 1.807) is 12.1 Å². The van der Waals surface area contributed by atoms with E-state index in [9.17, 15) is 23.1 Å². The number of nitrogens with one attached hydrogen (secondary N) is 2. The summed E-state index contributed by atoms with van der Waals surface area (Å²) in [5.41, 5.74) is 3.31. The second kappa shape index (κ2) is 8.76. The Hall–Kier alpha value is -2.05. The van der Waals surface area contributed by atoms with Gasteiger partial charge in [0.15, 0.2) is 6.10 Å². The molecule has 1 aromatic carbocycles. The van der Waals surface area contributed by atoms with Gasteiger partial charge >= 0.3 is 5.97 Å². The Kier molecular flexibility index (Phi) is 6.89. The van der Waals surface area contributed by atoms with Crippen LogP contribution in [0.3, 0.4) is 0 Å². The number of aryl methyl sites for hydroxylation is 1. The summed E-state index contributed by atoms with van der Waals surface area (Å²) >= 11 is 0. The third-order valence-electron chi connectivity index (χ3n) is 3.75. The van der Waals surface area contributed by atoms with Gasteiger partial charge < -0.3 is 15.2 Å². The van der Waals surface area contributed by atoms with Gasteiger partial charge in [-0.1, -0.05) is 17.7 Å². The smallest absolute Gasteiger partial charge is 0.303 e. The highest BCUT2D eigenvalue weighted by Gasteiger charge is 2.43. The molecule has 0 spiro atoms. The van der Waals surface area contributed by atoms with Crippen LogP contribution in [-0.4, -0.2) is 56.5 Å². The minimum atomic E-state index is -4.07. The number of ether oxygens (including phenoxy) is 1. The van der Waals surface area contributed by atoms with E-state index in [1.165, 1.54) is 19.1 Å². The fraction of sp³-hybridized carbons (Fsp3) is 0.500. The van der Waals surface area contributed by atoms with Gasteiger partial charge in [-0.25, -0.2) is 0 Å². The maximum atomic E-state index is 12.2. The summed E-state index contributed by atoms with van der Waals surface area (Å²) in [6, 6.07) is 6.04. The first kappa shape index (κ1) is 21.3. The Balaban J connectivity index is 2.06. The fourth-order valence-corrected chi connectivity index (χ4v) is 3.35. The van der Waals surface area contributed by atoms with Gasteiger partial charge in [-0.15, -0.1) is 0 Å². The summed E-state index contributed by atoms with van der Waals surface area (Å²) in [7, 11) is -4.07. The zero-order valence-electron chi connectivity index (χ0n) is 15.0. The van der Waals surface area contributed by atoms with Crippen molar-refractivity contribution in [3.05, 3.63) is 29.8 Å². The van der Waals surface area contributed by atoms with Crippen molar-refractivity contribution in [2.75, 3.05) is 6.61 Å². The Labute approximate surface area is 156 Å². The quantitative estimate of drug-likeness (QED) is 0.418. The molecule has 0 aromatic heterocycles. The maximum Gasteiger partial charge on any atom is 0.303 e. The van der Waals surface area contributed by atoms with E-state index in [1.807, 2.05) is 6.92 Å². The zero-order chi connectivity index (χ0) is 20.2. The number of hydrogen-bond acceptors (Lipinski definition) is 9. The Morgan fingerprint density at radius 2 is 1.89 bits per heavy atom. The SMILES string of the molecule is CC(=O)NC1NOC(COS(=O)(=O)c2ccc(C)cc2)C(O)C1OC(C)=O. The number of esters is 1. The first-order chi connectivity index (χ1) is 12.6. The first-order valence-corrected chi connectivity index (χ1v) is 9.50. The van der Waals surface area contributed by atoms with Crippen molar-refractivity contribution in [2.24, 2.45) is 0 Å². The number of carbonyl (C=O) groups excluding carboxylic acids is 2. The average molecular weight is 402 g/mol. The van der Waals surface area contributed by atoms with Crippen molar-refractivity contribution < 1.29 is 36.9 Å². The van der Waals surface area contributed by atoms with Crippen LogP contribution in [0.5, 0.6) is 0 Å². The molecule has 0 saturated carbocycles. The van der Waals surface area contributed by atoms with E-state index in [0.717, 1.165) is 12.5 Å². The van der Waals surface area contributed by atoms with Crippen LogP contribution in [0.15, 0.2) is 29.2 Å². The van der Waals surface area contributed by atoms with Gasteiger partial charge in [0.25, 0.3) is 10.1 Å². The lowest BCUT2D eigenvalue weighted by Crippen LogP contribution is -2.66. The molecule has 27 heavy (non-hydrogen) atoms. The lowest BCUT2D eigenvalue weighted by molar-refractivity contribution is -0.217. The molecule has 1 saturated heterocycles. The van der Waals surface area contributed by atoms with Crippen LogP contribution in [0, 0.1) is 6.92 Å². The monoisotopic (exact) mass is 402 g/mol. The lowest BCUT2D eigenvalue weighted by Gasteiger charge is -2.39. The number of aliphatic hydroxyl groups is 1. The largest absolute Gasteiger partial charge is 0.456 e. The van der Waals surface area contributed by atoms with E-state index in [2.05, 4.69) is 10.8 Å². The van der Waals surface area contributed by atoms with E-state index < -0.39 is 53.1 Å². The van der Waals surface area contributed by atoms with Gasteiger partial charge in [0.05, 0.1) is 11.5 Å². The summed E-state index contributed by atoms with van der Waals surface area (Å²) in [5.74, 6) is -1.14. The average Bonchev–Trinajstić information content (AvgIpc) is 2.57. The number of benzene rings is 1. The fourth-order valence-electron chi connectivity index (χ4n) is 2.43. The van der Waals surface area contributed by atoms with E-state index in [0.29, 0.717) is 0 Å². The van der Waals surface area contributed by atoms with Crippen LogP contribution in [0.4, 0.5) is 0 Å². The number of hydroxylamine groups is 1. The number of aliphatic hydroxyl groups excluding tert-OH is 1. The molecule has 1 fully saturated rings. The Bertz CT molecular complexity index is 780. The second-order valence-electron chi connectivity index (χ2n) is 6.07. The van der Waals surface area contributed by atoms with Crippen molar-refractivity contribution in [1.29, 1.82) is 0 Å². The predicted octanol–water partition coefficient (Wildman–Crippen LogP) is -0.641. The molecule has 2 rings (SSSR count). The van der Waals surface area contributed by atoms with Crippen LogP contribution in [0.2, 0.25) is 0 Å². The molecule has 4 unspecified atom stereocenters. The highest BCUT2D eigenvalue weighted by atomic mass is 32.2. The molecule has 1 amide bonds. The molecule has 1 aliphatic rings. The number of hydrogen-bond donors (Lipinski definition) is 3. The molecule has 0 bridgehead atoms. The van der Waals surface area contributed by atoms with Crippen molar-refractivity contribution in [2.45, 2.75) is 50.1 Å². The highest BCUT2D eigenvalue weighted by molar-refractivity contribution is 7.86. The van der Waals surface area contributed by atoms with Crippen molar-refractivity contribution in [3.8, 4) is 0 Å². The molecule has 1 heterocycles. The molecule has 11 heteroatoms. The maximum absolute atomic E-state index is 12.2. The van der Waals surface area contributed by atoms with Gasteiger partial charge in [0.1, 0.15) is 18.4 Å². The number of carbonyl (C=O) groups is 2. The standard InChI is InChI=1S/C16H22N2O8S/c1-9-4-6-12(7-5-9)27(22,23)24-8-13-14(21)15(25-11(3)20)16(18-26-13)17-10(2)19/h4-7,13-16,18,21H,8H2,1-3H3,(H,17,19). The van der Waals surface area contributed by atoms with Crippen LogP contribution in [0.25, 0.3) is 0 Å². The van der Waals surface area contributed by atoms with Gasteiger partial charge in [0.2, 0.25) is 5.91 Å². The summed E-state index contributed by atoms with van der Waals surface area (Å²) in [4.78, 5) is 27.6. The zero-order valence-corrected chi connectivity index (χ0v) is 15.9. The molecule has 10 nitrogen and oxygen atoms in total. The normalized spacial score (nSPS) is 25.6. The van der Waals surface area contributed by atoms with Gasteiger partial charge in [-0.2, -0.15) is 13.9 Å². The van der Waals surface area contributed by atoms with E-state index in [-0.39, 0.29) is 4.90 Å². The highest BCUT2D eigenvalue weighted by Crippen LogP contribution is 2.19. The molecule has 4 atom stereocenters. The van der Waals surface area contributed by atoms with Gasteiger partial charge in [0, 0.05) is 13.8 Å². The van der Waals surface area contributed by atoms with Crippen LogP contribution in [-0.2, 0) is 33.5 Å². The minimum absolute atomic E-state index is 0.0426. The van der Waals surface area contributed by atoms with Crippen LogP contribution < -0.4 is 10.8 Å². The molecule has 0 radical (unpaired) electrons. The molecule has 0 aliphatic carbocycles. The van der Waals surface area contributed by atoms with Crippen molar-refractivity contribution >= 4 is 22.0 Å². The van der Waals surface area contributed by atoms with Crippen LogP contribution in [0.1, 0.15) is 19.4 Å². The van der Waals surface area contributed by atoms with Crippen LogP contribution >= 0.6 is 0 Å². The molecule has 1 aromatic rings. The topological polar surface area (TPSA) is 140 Å². The molecular formula is C16H22N2O8S. The summed E-state index contributed by atoms with van der Waals surface area (Å²) < 4.78 is 34.5. The summed E-state index contributed by atoms with van der Waals surface area (Å²) in [6.45, 7) is 3.66. The predicted molar refractivity (Wildman–Crippen MR) is 91.5 cm³/mol. The first-order valence-electron chi connectivity index (χ1n) is 8.10. The Morgan fingerprint density at radius 3 is 2.44 bits per heavy atom. The third-order valence-corrected chi connectivity index (χ3v) is 5.05. The van der Waals surface area contributed by atoms with Crippen molar-refractivity contribution in [1.82, 2.24) is 10.8 Å². The minimum Gasteiger partial charge on any atom is -0.456 e. The van der Waals surface area contributed by atoms with Gasteiger partial charge in [-0.05, 0) is 19.1 Å². The summed E-state index contributed by atoms with van der Waals surface area (Å²) in [6.07, 6.45) is -4.82. The summed E-state index contributed by atoms with van der Waals surface area (Å²) in [5, 5.41) is 12.8. The van der Waals surface area contributed by atoms with Gasteiger partial charge in [-0.3, -0.25) is 18.6 Å². The van der Waals surface area contributed by atoms with E-state index >= 15 is 0 Å². The second-order valence-corrected chi connectivity index (χ2v) is 7.68. The number of amides is 1. The number of rotatable bonds is 6. The molecule has 1 aliphatic heterocycles. The molecular weight excluding hydrogens is 380 g/mol.